The Bertz CT molecular complexity index is 618. The zero-order chi connectivity index (χ0) is 15.6. The van der Waals surface area contributed by atoms with Crippen LogP contribution in [-0.4, -0.2) is 7.05 Å². The summed E-state index contributed by atoms with van der Waals surface area (Å²) in [6.07, 6.45) is 1.02. The number of aryl methyl sites for hydroxylation is 2. The summed E-state index contributed by atoms with van der Waals surface area (Å²) in [6.45, 7) is 5.79. The van der Waals surface area contributed by atoms with Gasteiger partial charge in [-0.05, 0) is 61.2 Å². The molecule has 0 heterocycles. The number of nitrogens with two attached hydrogens (primary N) is 1. The van der Waals surface area contributed by atoms with Crippen LogP contribution in [0.4, 0.5) is 15.8 Å². The van der Waals surface area contributed by atoms with Crippen LogP contribution in [-0.2, 0) is 6.42 Å². The van der Waals surface area contributed by atoms with Crippen LogP contribution in [0.3, 0.4) is 0 Å². The molecule has 0 unspecified atom stereocenters. The van der Waals surface area contributed by atoms with Gasteiger partial charge in [0.15, 0.2) is 0 Å². The number of rotatable bonds is 4. The molecule has 0 aliphatic heterocycles. The highest BCUT2D eigenvalue weighted by molar-refractivity contribution is 5.67. The lowest BCUT2D eigenvalue weighted by atomic mass is 10.0. The molecule has 0 saturated carbocycles. The molecule has 2 aromatic carbocycles. The maximum absolute atomic E-state index is 13.8. The summed E-state index contributed by atoms with van der Waals surface area (Å²) in [5.74, 6) is -0.208. The van der Waals surface area contributed by atoms with Crippen LogP contribution in [0.25, 0.3) is 0 Å². The molecule has 2 aromatic rings. The van der Waals surface area contributed by atoms with Crippen molar-refractivity contribution in [2.45, 2.75) is 33.2 Å². The zero-order valence-electron chi connectivity index (χ0n) is 13.2. The Morgan fingerprint density at radius 1 is 1.19 bits per heavy atom. The lowest BCUT2D eigenvalue weighted by Crippen LogP contribution is -2.16. The van der Waals surface area contributed by atoms with Crippen molar-refractivity contribution >= 4 is 11.4 Å². The molecule has 2 nitrogen and oxygen atoms in total. The first-order chi connectivity index (χ1) is 9.93. The molecule has 21 heavy (non-hydrogen) atoms. The number of nitrogens with zero attached hydrogens (tertiary/aromatic N) is 1. The van der Waals surface area contributed by atoms with Crippen LogP contribution < -0.4 is 10.6 Å². The molecule has 0 bridgehead atoms. The van der Waals surface area contributed by atoms with Crippen LogP contribution in [0.5, 0.6) is 0 Å². The van der Waals surface area contributed by atoms with Crippen LogP contribution in [0.1, 0.15) is 36.6 Å². The molecule has 0 aliphatic carbocycles. The summed E-state index contributed by atoms with van der Waals surface area (Å²) in [7, 11) is 1.99. The minimum Gasteiger partial charge on any atom is -0.344 e. The fraction of sp³-hybridized carbons (Fsp3) is 0.333. The summed E-state index contributed by atoms with van der Waals surface area (Å²) in [5, 5.41) is 0. The molecule has 3 heteroatoms. The van der Waals surface area contributed by atoms with Gasteiger partial charge in [-0.15, -0.1) is 0 Å². The first-order valence-corrected chi connectivity index (χ1v) is 7.32. The van der Waals surface area contributed by atoms with Crippen LogP contribution in [0.15, 0.2) is 36.4 Å². The van der Waals surface area contributed by atoms with E-state index in [1.165, 1.54) is 5.56 Å². The molecular formula is C18H23FN2. The fourth-order valence-corrected chi connectivity index (χ4v) is 2.43. The van der Waals surface area contributed by atoms with Gasteiger partial charge < -0.3 is 10.6 Å². The minimum atomic E-state index is -0.215. The van der Waals surface area contributed by atoms with Gasteiger partial charge in [0.05, 0.1) is 0 Å². The Balaban J connectivity index is 2.45. The van der Waals surface area contributed by atoms with Crippen molar-refractivity contribution in [2.24, 2.45) is 5.73 Å². The largest absolute Gasteiger partial charge is 0.344 e. The van der Waals surface area contributed by atoms with E-state index in [1.54, 1.807) is 13.0 Å². The van der Waals surface area contributed by atoms with Crippen molar-refractivity contribution in [3.8, 4) is 0 Å². The van der Waals surface area contributed by atoms with Crippen LogP contribution in [0, 0.1) is 12.7 Å². The Labute approximate surface area is 126 Å². The van der Waals surface area contributed by atoms with Gasteiger partial charge in [0.2, 0.25) is 0 Å². The Morgan fingerprint density at radius 2 is 1.81 bits per heavy atom. The second-order valence-corrected chi connectivity index (χ2v) is 5.53. The van der Waals surface area contributed by atoms with Crippen molar-refractivity contribution in [1.82, 2.24) is 0 Å². The van der Waals surface area contributed by atoms with Gasteiger partial charge in [-0.25, -0.2) is 4.39 Å². The third-order valence-corrected chi connectivity index (χ3v) is 3.89. The molecule has 2 rings (SSSR count). The maximum atomic E-state index is 13.8. The minimum absolute atomic E-state index is 0.208. The van der Waals surface area contributed by atoms with Gasteiger partial charge >= 0.3 is 0 Å². The highest BCUT2D eigenvalue weighted by Gasteiger charge is 2.15. The SMILES string of the molecule is CCc1ccc(N(C)c2cc(C)c(F)cc2[C@@H](C)N)cc1. The lowest BCUT2D eigenvalue weighted by Gasteiger charge is -2.25. The van der Waals surface area contributed by atoms with E-state index < -0.39 is 0 Å². The lowest BCUT2D eigenvalue weighted by molar-refractivity contribution is 0.613. The second kappa shape index (κ2) is 6.27. The predicted octanol–water partition coefficient (Wildman–Crippen LogP) is 4.48. The molecule has 0 radical (unpaired) electrons. The Morgan fingerprint density at radius 3 is 2.33 bits per heavy atom. The number of hydrogen-bond donors (Lipinski definition) is 1. The van der Waals surface area contributed by atoms with Gasteiger partial charge in [-0.2, -0.15) is 0 Å². The molecular weight excluding hydrogens is 263 g/mol. The molecule has 0 aromatic heterocycles. The smallest absolute Gasteiger partial charge is 0.126 e. The number of halogens is 1. The zero-order valence-corrected chi connectivity index (χ0v) is 13.2. The highest BCUT2D eigenvalue weighted by Crippen LogP contribution is 2.32. The predicted molar refractivity (Wildman–Crippen MR) is 87.6 cm³/mol. The van der Waals surface area contributed by atoms with E-state index in [9.17, 15) is 4.39 Å². The first-order valence-electron chi connectivity index (χ1n) is 7.32. The van der Waals surface area contributed by atoms with E-state index in [1.807, 2.05) is 20.0 Å². The summed E-state index contributed by atoms with van der Waals surface area (Å²) >= 11 is 0. The summed E-state index contributed by atoms with van der Waals surface area (Å²) in [4.78, 5) is 2.06. The number of benzene rings is 2. The van der Waals surface area contributed by atoms with Gasteiger partial charge in [-0.1, -0.05) is 19.1 Å². The van der Waals surface area contributed by atoms with E-state index in [4.69, 9.17) is 5.73 Å². The van der Waals surface area contributed by atoms with Crippen molar-refractivity contribution in [3.63, 3.8) is 0 Å². The van der Waals surface area contributed by atoms with Gasteiger partial charge in [-0.3, -0.25) is 0 Å². The monoisotopic (exact) mass is 286 g/mol. The van der Waals surface area contributed by atoms with Gasteiger partial charge in [0.25, 0.3) is 0 Å². The summed E-state index contributed by atoms with van der Waals surface area (Å²) in [6, 6.07) is 11.6. The maximum Gasteiger partial charge on any atom is 0.126 e. The number of anilines is 2. The fourth-order valence-electron chi connectivity index (χ4n) is 2.43. The van der Waals surface area contributed by atoms with Gasteiger partial charge in [0, 0.05) is 24.5 Å². The van der Waals surface area contributed by atoms with Crippen LogP contribution >= 0.6 is 0 Å². The van der Waals surface area contributed by atoms with E-state index in [0.717, 1.165) is 23.4 Å². The quantitative estimate of drug-likeness (QED) is 0.897. The van der Waals surface area contributed by atoms with E-state index >= 15 is 0 Å². The molecule has 0 aliphatic rings. The molecule has 0 saturated heterocycles. The van der Waals surface area contributed by atoms with Crippen molar-refractivity contribution in [1.29, 1.82) is 0 Å². The van der Waals surface area contributed by atoms with Crippen molar-refractivity contribution in [2.75, 3.05) is 11.9 Å². The Kier molecular flexibility index (Phi) is 4.63. The van der Waals surface area contributed by atoms with E-state index in [2.05, 4.69) is 36.1 Å². The van der Waals surface area contributed by atoms with Gasteiger partial charge in [0.1, 0.15) is 5.82 Å². The van der Waals surface area contributed by atoms with Crippen molar-refractivity contribution in [3.05, 3.63) is 58.9 Å². The highest BCUT2D eigenvalue weighted by atomic mass is 19.1. The third kappa shape index (κ3) is 3.24. The average Bonchev–Trinajstić information content (AvgIpc) is 2.48. The summed E-state index contributed by atoms with van der Waals surface area (Å²) < 4.78 is 13.8. The van der Waals surface area contributed by atoms with Crippen LogP contribution in [0.2, 0.25) is 0 Å². The standard InChI is InChI=1S/C18H23FN2/c1-5-14-6-8-15(9-7-14)21(4)18-10-12(2)17(19)11-16(18)13(3)20/h6-11,13H,5,20H2,1-4H3/t13-/m1/s1. The van der Waals surface area contributed by atoms with Crippen molar-refractivity contribution < 1.29 is 4.39 Å². The topological polar surface area (TPSA) is 29.3 Å². The molecule has 1 atom stereocenters. The third-order valence-electron chi connectivity index (χ3n) is 3.89. The molecule has 0 amide bonds. The van der Waals surface area contributed by atoms with E-state index in [0.29, 0.717) is 5.56 Å². The molecule has 2 N–H and O–H groups in total. The second-order valence-electron chi connectivity index (χ2n) is 5.53. The number of hydrogen-bond acceptors (Lipinski definition) is 2. The summed E-state index contributed by atoms with van der Waals surface area (Å²) in [5.41, 5.74) is 10.8. The molecule has 0 spiro atoms. The Hall–Kier alpha value is -1.87. The average molecular weight is 286 g/mol. The normalized spacial score (nSPS) is 12.3. The first kappa shape index (κ1) is 15.5. The molecule has 0 fully saturated rings. The molecule has 112 valence electrons. The van der Waals surface area contributed by atoms with E-state index in [-0.39, 0.29) is 11.9 Å².